The van der Waals surface area contributed by atoms with Gasteiger partial charge in [0.05, 0.1) is 4.90 Å². The zero-order chi connectivity index (χ0) is 12.3. The minimum atomic E-state index is -3.44. The van der Waals surface area contributed by atoms with E-state index in [2.05, 4.69) is 4.72 Å². The third-order valence-corrected chi connectivity index (χ3v) is 4.12. The summed E-state index contributed by atoms with van der Waals surface area (Å²) < 4.78 is 26.4. The van der Waals surface area contributed by atoms with Crippen molar-refractivity contribution in [1.29, 1.82) is 0 Å². The first-order chi connectivity index (χ1) is 7.36. The monoisotopic (exact) mass is 242 g/mol. The van der Waals surface area contributed by atoms with Crippen molar-refractivity contribution in [2.75, 3.05) is 5.73 Å². The third kappa shape index (κ3) is 2.96. The highest BCUT2D eigenvalue weighted by atomic mass is 32.2. The van der Waals surface area contributed by atoms with Gasteiger partial charge in [0.1, 0.15) is 0 Å². The van der Waals surface area contributed by atoms with Crippen LogP contribution in [0.3, 0.4) is 0 Å². The Morgan fingerprint density at radius 2 is 2.06 bits per heavy atom. The zero-order valence-electron chi connectivity index (χ0n) is 9.82. The SMILES string of the molecule is CCC(C)NS(=O)(=O)c1ccc(C)c(N)c1. The van der Waals surface area contributed by atoms with E-state index in [9.17, 15) is 8.42 Å². The molecule has 0 bridgehead atoms. The molecule has 0 aromatic heterocycles. The van der Waals surface area contributed by atoms with E-state index < -0.39 is 10.0 Å². The third-order valence-electron chi connectivity index (χ3n) is 2.53. The van der Waals surface area contributed by atoms with Gasteiger partial charge in [0, 0.05) is 11.7 Å². The molecule has 0 amide bonds. The summed E-state index contributed by atoms with van der Waals surface area (Å²) in [6.45, 7) is 5.60. The van der Waals surface area contributed by atoms with Gasteiger partial charge in [-0.3, -0.25) is 0 Å². The van der Waals surface area contributed by atoms with E-state index in [4.69, 9.17) is 5.73 Å². The van der Waals surface area contributed by atoms with E-state index in [0.29, 0.717) is 5.69 Å². The number of nitrogens with one attached hydrogen (secondary N) is 1. The van der Waals surface area contributed by atoms with Gasteiger partial charge >= 0.3 is 0 Å². The average Bonchev–Trinajstić information content (AvgIpc) is 2.21. The lowest BCUT2D eigenvalue weighted by atomic mass is 10.2. The molecule has 3 N–H and O–H groups in total. The van der Waals surface area contributed by atoms with Crippen LogP contribution in [0.5, 0.6) is 0 Å². The number of hydrogen-bond acceptors (Lipinski definition) is 3. The van der Waals surface area contributed by atoms with Gasteiger partial charge in [-0.2, -0.15) is 0 Å². The van der Waals surface area contributed by atoms with E-state index in [1.807, 2.05) is 20.8 Å². The molecule has 90 valence electrons. The zero-order valence-corrected chi connectivity index (χ0v) is 10.6. The molecule has 0 fully saturated rings. The fourth-order valence-electron chi connectivity index (χ4n) is 1.20. The van der Waals surface area contributed by atoms with Gasteiger partial charge in [-0.05, 0) is 38.0 Å². The highest BCUT2D eigenvalue weighted by molar-refractivity contribution is 7.89. The van der Waals surface area contributed by atoms with Crippen LogP contribution in [-0.2, 0) is 10.0 Å². The predicted molar refractivity (Wildman–Crippen MR) is 65.7 cm³/mol. The Labute approximate surface area is 96.9 Å². The Morgan fingerprint density at radius 3 is 2.56 bits per heavy atom. The molecule has 16 heavy (non-hydrogen) atoms. The molecule has 0 heterocycles. The van der Waals surface area contributed by atoms with Crippen molar-refractivity contribution >= 4 is 15.7 Å². The van der Waals surface area contributed by atoms with Gasteiger partial charge in [-0.15, -0.1) is 0 Å². The van der Waals surface area contributed by atoms with Crippen molar-refractivity contribution in [3.05, 3.63) is 23.8 Å². The first-order valence-electron chi connectivity index (χ1n) is 5.25. The average molecular weight is 242 g/mol. The summed E-state index contributed by atoms with van der Waals surface area (Å²) in [6, 6.07) is 4.68. The van der Waals surface area contributed by atoms with Gasteiger partial charge in [0.2, 0.25) is 10.0 Å². The van der Waals surface area contributed by atoms with E-state index in [-0.39, 0.29) is 10.9 Å². The van der Waals surface area contributed by atoms with Gasteiger partial charge in [0.25, 0.3) is 0 Å². The number of nitrogens with two attached hydrogens (primary N) is 1. The normalized spacial score (nSPS) is 13.7. The Bertz CT molecular complexity index is 469. The van der Waals surface area contributed by atoms with Gasteiger partial charge in [-0.25, -0.2) is 13.1 Å². The molecule has 0 spiro atoms. The molecule has 0 saturated heterocycles. The number of sulfonamides is 1. The van der Waals surface area contributed by atoms with Crippen molar-refractivity contribution in [2.24, 2.45) is 0 Å². The van der Waals surface area contributed by atoms with Crippen molar-refractivity contribution in [3.63, 3.8) is 0 Å². The second-order valence-electron chi connectivity index (χ2n) is 3.95. The van der Waals surface area contributed by atoms with E-state index in [0.717, 1.165) is 12.0 Å². The minimum absolute atomic E-state index is 0.0764. The molecule has 0 radical (unpaired) electrons. The summed E-state index contributed by atoms with van der Waals surface area (Å²) in [7, 11) is -3.44. The molecule has 1 aromatic carbocycles. The quantitative estimate of drug-likeness (QED) is 0.789. The molecule has 0 aliphatic carbocycles. The van der Waals surface area contributed by atoms with Crippen LogP contribution in [0.15, 0.2) is 23.1 Å². The first-order valence-corrected chi connectivity index (χ1v) is 6.73. The molecule has 1 atom stereocenters. The van der Waals surface area contributed by atoms with Crippen LogP contribution in [0.1, 0.15) is 25.8 Å². The van der Waals surface area contributed by atoms with Crippen molar-refractivity contribution < 1.29 is 8.42 Å². The Hall–Kier alpha value is -1.07. The highest BCUT2D eigenvalue weighted by Crippen LogP contribution is 2.17. The van der Waals surface area contributed by atoms with E-state index >= 15 is 0 Å². The topological polar surface area (TPSA) is 72.2 Å². The minimum Gasteiger partial charge on any atom is -0.398 e. The molecule has 4 nitrogen and oxygen atoms in total. The first kappa shape index (κ1) is 13.0. The predicted octanol–water partition coefficient (Wildman–Crippen LogP) is 1.65. The van der Waals surface area contributed by atoms with Gasteiger partial charge < -0.3 is 5.73 Å². The van der Waals surface area contributed by atoms with Crippen LogP contribution >= 0.6 is 0 Å². The van der Waals surface area contributed by atoms with Crippen molar-refractivity contribution in [1.82, 2.24) is 4.72 Å². The summed E-state index contributed by atoms with van der Waals surface area (Å²) >= 11 is 0. The molecule has 5 heteroatoms. The van der Waals surface area contributed by atoms with Crippen LogP contribution in [0.2, 0.25) is 0 Å². The molecule has 0 aliphatic heterocycles. The van der Waals surface area contributed by atoms with E-state index in [1.165, 1.54) is 6.07 Å². The number of nitrogen functional groups attached to an aromatic ring is 1. The van der Waals surface area contributed by atoms with Crippen LogP contribution in [0.25, 0.3) is 0 Å². The van der Waals surface area contributed by atoms with Gasteiger partial charge in [-0.1, -0.05) is 13.0 Å². The molecular formula is C11H18N2O2S. The largest absolute Gasteiger partial charge is 0.398 e. The maximum Gasteiger partial charge on any atom is 0.240 e. The molecule has 1 aromatic rings. The van der Waals surface area contributed by atoms with Gasteiger partial charge in [0.15, 0.2) is 0 Å². The lowest BCUT2D eigenvalue weighted by molar-refractivity contribution is 0.556. The summed E-state index contributed by atoms with van der Waals surface area (Å²) in [5, 5.41) is 0. The molecular weight excluding hydrogens is 224 g/mol. The van der Waals surface area contributed by atoms with Crippen LogP contribution in [0, 0.1) is 6.92 Å². The van der Waals surface area contributed by atoms with Crippen molar-refractivity contribution in [2.45, 2.75) is 38.1 Å². The van der Waals surface area contributed by atoms with E-state index in [1.54, 1.807) is 12.1 Å². The Kier molecular flexibility index (Phi) is 3.93. The summed E-state index contributed by atoms with van der Waals surface area (Å²) in [6.07, 6.45) is 0.751. The second-order valence-corrected chi connectivity index (χ2v) is 5.66. The number of rotatable bonds is 4. The molecule has 0 aliphatic rings. The van der Waals surface area contributed by atoms with Crippen molar-refractivity contribution in [3.8, 4) is 0 Å². The summed E-state index contributed by atoms with van der Waals surface area (Å²) in [5.74, 6) is 0. The number of hydrogen-bond donors (Lipinski definition) is 2. The Morgan fingerprint density at radius 1 is 1.44 bits per heavy atom. The highest BCUT2D eigenvalue weighted by Gasteiger charge is 2.16. The second kappa shape index (κ2) is 4.84. The summed E-state index contributed by atoms with van der Waals surface area (Å²) in [4.78, 5) is 0.218. The fourth-order valence-corrected chi connectivity index (χ4v) is 2.56. The fraction of sp³-hybridized carbons (Fsp3) is 0.455. The van der Waals surface area contributed by atoms with Crippen LogP contribution in [-0.4, -0.2) is 14.5 Å². The van der Waals surface area contributed by atoms with Crippen LogP contribution < -0.4 is 10.5 Å². The molecule has 0 saturated carbocycles. The number of anilines is 1. The lowest BCUT2D eigenvalue weighted by Gasteiger charge is -2.12. The van der Waals surface area contributed by atoms with Crippen LogP contribution in [0.4, 0.5) is 5.69 Å². The Balaban J connectivity index is 3.03. The maximum absolute atomic E-state index is 11.9. The molecule has 1 unspecified atom stereocenters. The maximum atomic E-state index is 11.9. The lowest BCUT2D eigenvalue weighted by Crippen LogP contribution is -2.32. The number of benzene rings is 1. The standard InChI is InChI=1S/C11H18N2O2S/c1-4-9(3)13-16(14,15)10-6-5-8(2)11(12)7-10/h5-7,9,13H,4,12H2,1-3H3. The summed E-state index contributed by atoms with van der Waals surface area (Å²) in [5.41, 5.74) is 7.06. The molecule has 1 rings (SSSR count). The number of aryl methyl sites for hydroxylation is 1. The smallest absolute Gasteiger partial charge is 0.240 e.